The molecule has 0 N–H and O–H groups in total. The minimum Gasteiger partial charge on any atom is -0.283 e. The third kappa shape index (κ3) is 1.24. The van der Waals surface area contributed by atoms with Crippen molar-refractivity contribution in [2.75, 3.05) is 0 Å². The van der Waals surface area contributed by atoms with Crippen molar-refractivity contribution in [2.45, 2.75) is 19.8 Å². The van der Waals surface area contributed by atoms with Crippen LogP contribution in [0.15, 0.2) is 16.6 Å². The summed E-state index contributed by atoms with van der Waals surface area (Å²) in [6, 6.07) is 3.63. The maximum Gasteiger partial charge on any atom is 0.142 e. The Hall–Kier alpha value is -1.23. The standard InChI is InChI=1S/C11H9BrFN3/c1-6-14-15-10-5-2-7-9(16(6)10)4-3-8(12)11(7)13/h3-4H,2,5H2,1H3. The minimum atomic E-state index is -0.170. The summed E-state index contributed by atoms with van der Waals surface area (Å²) in [6.07, 6.45) is 1.42. The van der Waals surface area contributed by atoms with E-state index in [2.05, 4.69) is 26.1 Å². The summed E-state index contributed by atoms with van der Waals surface area (Å²) in [5.74, 6) is 1.54. The molecule has 0 fully saturated rings. The molecule has 0 saturated heterocycles. The molecule has 0 amide bonds. The van der Waals surface area contributed by atoms with Gasteiger partial charge in [-0.25, -0.2) is 4.39 Å². The van der Waals surface area contributed by atoms with E-state index in [1.165, 1.54) is 0 Å². The van der Waals surface area contributed by atoms with Crippen molar-refractivity contribution in [3.05, 3.63) is 39.6 Å². The topological polar surface area (TPSA) is 30.7 Å². The van der Waals surface area contributed by atoms with Crippen LogP contribution in [0.2, 0.25) is 0 Å². The van der Waals surface area contributed by atoms with Gasteiger partial charge in [0, 0.05) is 12.0 Å². The van der Waals surface area contributed by atoms with Crippen LogP contribution in [0.5, 0.6) is 0 Å². The molecule has 0 radical (unpaired) electrons. The van der Waals surface area contributed by atoms with Crippen LogP contribution in [0, 0.1) is 12.7 Å². The number of benzene rings is 1. The van der Waals surface area contributed by atoms with Crippen molar-refractivity contribution in [2.24, 2.45) is 0 Å². The van der Waals surface area contributed by atoms with Gasteiger partial charge in [0.05, 0.1) is 10.2 Å². The van der Waals surface area contributed by atoms with Gasteiger partial charge in [-0.05, 0) is 41.4 Å². The normalized spacial score (nSPS) is 13.4. The second-order valence-corrected chi connectivity index (χ2v) is 4.71. The molecule has 3 rings (SSSR count). The molecule has 16 heavy (non-hydrogen) atoms. The Kier molecular flexibility index (Phi) is 2.10. The molecule has 2 heterocycles. The van der Waals surface area contributed by atoms with Gasteiger partial charge in [-0.2, -0.15) is 0 Å². The number of fused-ring (bicyclic) bond motifs is 3. The van der Waals surface area contributed by atoms with Gasteiger partial charge in [-0.1, -0.05) is 0 Å². The SMILES string of the molecule is Cc1nnc2n1-c1ccc(Br)c(F)c1CC2. The predicted octanol–water partition coefficient (Wildman–Crippen LogP) is 2.58. The number of rotatable bonds is 0. The van der Waals surface area contributed by atoms with Crippen LogP contribution >= 0.6 is 15.9 Å². The zero-order valence-electron chi connectivity index (χ0n) is 8.67. The van der Waals surface area contributed by atoms with E-state index in [0.29, 0.717) is 10.9 Å². The zero-order chi connectivity index (χ0) is 11.3. The van der Waals surface area contributed by atoms with Crippen molar-refractivity contribution >= 4 is 15.9 Å². The second-order valence-electron chi connectivity index (χ2n) is 3.86. The Morgan fingerprint density at radius 1 is 1.31 bits per heavy atom. The fraction of sp³-hybridized carbons (Fsp3) is 0.273. The summed E-state index contributed by atoms with van der Waals surface area (Å²) >= 11 is 3.21. The molecule has 0 bridgehead atoms. The lowest BCUT2D eigenvalue weighted by molar-refractivity contribution is 0.590. The monoisotopic (exact) mass is 281 g/mol. The number of hydrogen-bond donors (Lipinski definition) is 0. The molecule has 0 spiro atoms. The van der Waals surface area contributed by atoms with Crippen LogP contribution in [-0.2, 0) is 12.8 Å². The van der Waals surface area contributed by atoms with Crippen LogP contribution < -0.4 is 0 Å². The maximum absolute atomic E-state index is 13.9. The van der Waals surface area contributed by atoms with Crippen LogP contribution in [0.4, 0.5) is 4.39 Å². The highest BCUT2D eigenvalue weighted by molar-refractivity contribution is 9.10. The first-order chi connectivity index (χ1) is 7.68. The van der Waals surface area contributed by atoms with Gasteiger partial charge in [-0.3, -0.25) is 4.57 Å². The summed E-state index contributed by atoms with van der Waals surface area (Å²) in [5, 5.41) is 8.11. The molecule has 1 aromatic heterocycles. The molecule has 2 aromatic rings. The highest BCUT2D eigenvalue weighted by Crippen LogP contribution is 2.30. The number of hydrogen-bond acceptors (Lipinski definition) is 2. The molecule has 0 atom stereocenters. The van der Waals surface area contributed by atoms with Gasteiger partial charge < -0.3 is 0 Å². The van der Waals surface area contributed by atoms with Gasteiger partial charge in [0.15, 0.2) is 0 Å². The first-order valence-electron chi connectivity index (χ1n) is 5.06. The number of nitrogens with zero attached hydrogens (tertiary/aromatic N) is 3. The van der Waals surface area contributed by atoms with Crippen molar-refractivity contribution in [1.82, 2.24) is 14.8 Å². The van der Waals surface area contributed by atoms with E-state index in [4.69, 9.17) is 0 Å². The molecule has 82 valence electrons. The van der Waals surface area contributed by atoms with Crippen molar-refractivity contribution < 1.29 is 4.39 Å². The van der Waals surface area contributed by atoms with Crippen LogP contribution in [-0.4, -0.2) is 14.8 Å². The van der Waals surface area contributed by atoms with Crippen LogP contribution in [0.25, 0.3) is 5.69 Å². The Balaban J connectivity index is 2.33. The van der Waals surface area contributed by atoms with E-state index >= 15 is 0 Å². The molecule has 3 nitrogen and oxygen atoms in total. The largest absolute Gasteiger partial charge is 0.283 e. The lowest BCUT2D eigenvalue weighted by atomic mass is 10.0. The Bertz CT molecular complexity index is 577. The fourth-order valence-corrected chi connectivity index (χ4v) is 2.52. The van der Waals surface area contributed by atoms with Gasteiger partial charge in [0.25, 0.3) is 0 Å². The van der Waals surface area contributed by atoms with Crippen molar-refractivity contribution in [1.29, 1.82) is 0 Å². The Morgan fingerprint density at radius 2 is 2.12 bits per heavy atom. The van der Waals surface area contributed by atoms with Crippen LogP contribution in [0.1, 0.15) is 17.2 Å². The van der Waals surface area contributed by atoms with Crippen molar-refractivity contribution in [3.63, 3.8) is 0 Å². The Morgan fingerprint density at radius 3 is 2.94 bits per heavy atom. The molecule has 1 aliphatic heterocycles. The summed E-state index contributed by atoms with van der Waals surface area (Å²) < 4.78 is 16.4. The van der Waals surface area contributed by atoms with Gasteiger partial charge >= 0.3 is 0 Å². The second kappa shape index (κ2) is 3.38. The number of aromatic nitrogens is 3. The third-order valence-corrected chi connectivity index (χ3v) is 3.52. The highest BCUT2D eigenvalue weighted by Gasteiger charge is 2.22. The van der Waals surface area contributed by atoms with Crippen LogP contribution in [0.3, 0.4) is 0 Å². The van der Waals surface area contributed by atoms with E-state index in [9.17, 15) is 4.39 Å². The molecule has 0 unspecified atom stereocenters. The smallest absolute Gasteiger partial charge is 0.142 e. The predicted molar refractivity (Wildman–Crippen MR) is 61.2 cm³/mol. The molecule has 0 saturated carbocycles. The van der Waals surface area contributed by atoms with Gasteiger partial charge in [0.1, 0.15) is 17.5 Å². The molecule has 0 aliphatic carbocycles. The lowest BCUT2D eigenvalue weighted by Gasteiger charge is -2.19. The van der Waals surface area contributed by atoms with Gasteiger partial charge in [0.2, 0.25) is 0 Å². The fourth-order valence-electron chi connectivity index (χ4n) is 2.15. The van der Waals surface area contributed by atoms with E-state index in [0.717, 1.165) is 29.3 Å². The maximum atomic E-state index is 13.9. The average Bonchev–Trinajstić information content (AvgIpc) is 2.66. The summed E-state index contributed by atoms with van der Waals surface area (Å²) in [4.78, 5) is 0. The average molecular weight is 282 g/mol. The minimum absolute atomic E-state index is 0.170. The lowest BCUT2D eigenvalue weighted by Crippen LogP contribution is -2.15. The highest BCUT2D eigenvalue weighted by atomic mass is 79.9. The van der Waals surface area contributed by atoms with Crippen molar-refractivity contribution in [3.8, 4) is 5.69 Å². The van der Waals surface area contributed by atoms with Gasteiger partial charge in [-0.15, -0.1) is 10.2 Å². The quantitative estimate of drug-likeness (QED) is 0.743. The summed E-state index contributed by atoms with van der Waals surface area (Å²) in [5.41, 5.74) is 1.61. The van der Waals surface area contributed by atoms with E-state index in [1.54, 1.807) is 6.07 Å². The van der Waals surface area contributed by atoms with E-state index in [-0.39, 0.29) is 5.82 Å². The van der Waals surface area contributed by atoms with E-state index < -0.39 is 0 Å². The first-order valence-corrected chi connectivity index (χ1v) is 5.86. The van der Waals surface area contributed by atoms with E-state index in [1.807, 2.05) is 17.6 Å². The molecular weight excluding hydrogens is 273 g/mol. The molecular formula is C11H9BrFN3. The third-order valence-electron chi connectivity index (χ3n) is 2.90. The number of aryl methyl sites for hydroxylation is 2. The summed E-state index contributed by atoms with van der Waals surface area (Å²) in [7, 11) is 0. The zero-order valence-corrected chi connectivity index (χ0v) is 10.3. The summed E-state index contributed by atoms with van der Waals surface area (Å²) in [6.45, 7) is 1.88. The number of halogens is 2. The molecule has 5 heteroatoms. The molecule has 1 aliphatic rings. The first kappa shape index (κ1) is 9.96. The molecule has 1 aromatic carbocycles. The Labute approximate surface area is 100 Å².